The summed E-state index contributed by atoms with van der Waals surface area (Å²) in [4.78, 5) is 9.68. The maximum Gasteiger partial charge on any atom is 0.123 e. The zero-order valence-electron chi connectivity index (χ0n) is 7.60. The van der Waals surface area contributed by atoms with Gasteiger partial charge >= 0.3 is 0 Å². The molecule has 0 saturated carbocycles. The van der Waals surface area contributed by atoms with Crippen molar-refractivity contribution in [1.29, 1.82) is 0 Å². The highest BCUT2D eigenvalue weighted by Crippen LogP contribution is 2.24. The molecule has 14 heavy (non-hydrogen) atoms. The van der Waals surface area contributed by atoms with Crippen LogP contribution in [-0.4, -0.2) is 21.1 Å². The maximum absolute atomic E-state index is 4.39. The lowest BCUT2D eigenvalue weighted by Crippen LogP contribution is -2.28. The average Bonchev–Trinajstić information content (AvgIpc) is 2.85. The van der Waals surface area contributed by atoms with Gasteiger partial charge in [-0.2, -0.15) is 0 Å². The Morgan fingerprint density at radius 1 is 1.43 bits per heavy atom. The third-order valence-electron chi connectivity index (χ3n) is 2.42. The van der Waals surface area contributed by atoms with Crippen LogP contribution >= 0.6 is 11.3 Å². The molecule has 0 unspecified atom stereocenters. The highest BCUT2D eigenvalue weighted by atomic mass is 32.1. The van der Waals surface area contributed by atoms with Crippen molar-refractivity contribution in [2.45, 2.75) is 13.1 Å². The van der Waals surface area contributed by atoms with Crippen LogP contribution in [0.1, 0.15) is 5.82 Å². The number of imidazole rings is 1. The number of nitrogens with zero attached hydrogens (tertiary/aromatic N) is 3. The SMILES string of the molecule is c1ncc(-c2cnc3n2CCNC3)s1. The first-order chi connectivity index (χ1) is 6.95. The van der Waals surface area contributed by atoms with Crippen molar-refractivity contribution in [3.05, 3.63) is 23.7 Å². The molecule has 3 heterocycles. The molecule has 1 aliphatic heterocycles. The fourth-order valence-electron chi connectivity index (χ4n) is 1.73. The zero-order chi connectivity index (χ0) is 9.38. The Bertz CT molecular complexity index is 432. The summed E-state index contributed by atoms with van der Waals surface area (Å²) >= 11 is 1.66. The van der Waals surface area contributed by atoms with Crippen molar-refractivity contribution >= 4 is 11.3 Å². The van der Waals surface area contributed by atoms with E-state index in [4.69, 9.17) is 0 Å². The fraction of sp³-hybridized carbons (Fsp3) is 0.333. The highest BCUT2D eigenvalue weighted by Gasteiger charge is 2.14. The molecule has 0 atom stereocenters. The van der Waals surface area contributed by atoms with E-state index in [9.17, 15) is 0 Å². The molecular weight excluding hydrogens is 196 g/mol. The van der Waals surface area contributed by atoms with E-state index >= 15 is 0 Å². The topological polar surface area (TPSA) is 42.7 Å². The van der Waals surface area contributed by atoms with Gasteiger partial charge in [0.05, 0.1) is 28.8 Å². The molecule has 0 spiro atoms. The average molecular weight is 206 g/mol. The van der Waals surface area contributed by atoms with Gasteiger partial charge in [0.2, 0.25) is 0 Å². The van der Waals surface area contributed by atoms with E-state index in [0.717, 1.165) is 25.5 Å². The standard InChI is InChI=1S/C9H10N4S/c1-2-13-7(8-4-11-6-14-8)3-12-9(13)5-10-1/h3-4,6,10H,1-2,5H2. The van der Waals surface area contributed by atoms with Crippen LogP contribution in [0.15, 0.2) is 17.9 Å². The summed E-state index contributed by atoms with van der Waals surface area (Å²) in [5.41, 5.74) is 3.06. The number of aromatic nitrogens is 3. The Hall–Kier alpha value is -1.20. The lowest BCUT2D eigenvalue weighted by molar-refractivity contribution is 0.509. The summed E-state index contributed by atoms with van der Waals surface area (Å²) in [5.74, 6) is 1.12. The molecule has 0 aliphatic carbocycles. The minimum Gasteiger partial charge on any atom is -0.325 e. The van der Waals surface area contributed by atoms with Crippen LogP contribution in [0, 0.1) is 0 Å². The lowest BCUT2D eigenvalue weighted by atomic mass is 10.3. The molecule has 0 bridgehead atoms. The zero-order valence-corrected chi connectivity index (χ0v) is 8.42. The second kappa shape index (κ2) is 3.18. The molecule has 0 saturated heterocycles. The van der Waals surface area contributed by atoms with Gasteiger partial charge in [-0.05, 0) is 0 Å². The Balaban J connectivity index is 2.11. The summed E-state index contributed by atoms with van der Waals surface area (Å²) in [5, 5.41) is 3.30. The van der Waals surface area contributed by atoms with Gasteiger partial charge in [-0.25, -0.2) is 4.98 Å². The maximum atomic E-state index is 4.39. The smallest absolute Gasteiger partial charge is 0.123 e. The first kappa shape index (κ1) is 8.14. The van der Waals surface area contributed by atoms with Crippen molar-refractivity contribution in [3.63, 3.8) is 0 Å². The second-order valence-electron chi connectivity index (χ2n) is 3.25. The molecule has 1 N–H and O–H groups in total. The van der Waals surface area contributed by atoms with Crippen molar-refractivity contribution in [2.24, 2.45) is 0 Å². The predicted molar refractivity (Wildman–Crippen MR) is 55.0 cm³/mol. The second-order valence-corrected chi connectivity index (χ2v) is 4.14. The third-order valence-corrected chi connectivity index (χ3v) is 3.21. The molecule has 2 aromatic heterocycles. The molecule has 0 fully saturated rings. The fourth-order valence-corrected chi connectivity index (χ4v) is 2.38. The number of hydrogen-bond donors (Lipinski definition) is 1. The monoisotopic (exact) mass is 206 g/mol. The first-order valence-electron chi connectivity index (χ1n) is 4.59. The van der Waals surface area contributed by atoms with Gasteiger partial charge in [-0.1, -0.05) is 0 Å². The Morgan fingerprint density at radius 3 is 3.29 bits per heavy atom. The van der Waals surface area contributed by atoms with Crippen molar-refractivity contribution in [1.82, 2.24) is 19.9 Å². The van der Waals surface area contributed by atoms with Gasteiger partial charge in [0.1, 0.15) is 5.82 Å². The van der Waals surface area contributed by atoms with E-state index in [-0.39, 0.29) is 0 Å². The molecule has 1 aliphatic rings. The lowest BCUT2D eigenvalue weighted by Gasteiger charge is -2.16. The molecule has 4 nitrogen and oxygen atoms in total. The minimum absolute atomic E-state index is 0.874. The molecule has 0 radical (unpaired) electrons. The molecular formula is C9H10N4S. The van der Waals surface area contributed by atoms with E-state index in [2.05, 4.69) is 19.9 Å². The summed E-state index contributed by atoms with van der Waals surface area (Å²) in [6.07, 6.45) is 3.84. The quantitative estimate of drug-likeness (QED) is 0.760. The Labute approximate surface area is 85.6 Å². The van der Waals surface area contributed by atoms with Crippen molar-refractivity contribution in [2.75, 3.05) is 6.54 Å². The Morgan fingerprint density at radius 2 is 2.43 bits per heavy atom. The van der Waals surface area contributed by atoms with Crippen LogP contribution in [0.2, 0.25) is 0 Å². The largest absolute Gasteiger partial charge is 0.325 e. The third kappa shape index (κ3) is 1.17. The molecule has 0 amide bonds. The van der Waals surface area contributed by atoms with Gasteiger partial charge in [-0.3, -0.25) is 4.98 Å². The Kier molecular flexibility index (Phi) is 1.85. The normalized spacial score (nSPS) is 15.4. The molecule has 2 aromatic rings. The molecule has 0 aromatic carbocycles. The highest BCUT2D eigenvalue weighted by molar-refractivity contribution is 7.13. The van der Waals surface area contributed by atoms with Crippen LogP contribution < -0.4 is 5.32 Å². The van der Waals surface area contributed by atoms with Gasteiger partial charge in [-0.15, -0.1) is 11.3 Å². The predicted octanol–water partition coefficient (Wildman–Crippen LogP) is 1.11. The van der Waals surface area contributed by atoms with Crippen LogP contribution in [0.25, 0.3) is 10.6 Å². The number of nitrogens with one attached hydrogen (secondary N) is 1. The van der Waals surface area contributed by atoms with Crippen LogP contribution in [0.4, 0.5) is 0 Å². The van der Waals surface area contributed by atoms with Gasteiger partial charge < -0.3 is 9.88 Å². The number of rotatable bonds is 1. The van der Waals surface area contributed by atoms with Crippen LogP contribution in [-0.2, 0) is 13.1 Å². The van der Waals surface area contributed by atoms with E-state index in [1.807, 2.05) is 17.9 Å². The van der Waals surface area contributed by atoms with E-state index in [1.54, 1.807) is 11.3 Å². The van der Waals surface area contributed by atoms with Crippen molar-refractivity contribution < 1.29 is 0 Å². The molecule has 3 rings (SSSR count). The molecule has 5 heteroatoms. The van der Waals surface area contributed by atoms with E-state index in [1.165, 1.54) is 10.6 Å². The number of fused-ring (bicyclic) bond motifs is 1. The van der Waals surface area contributed by atoms with Crippen molar-refractivity contribution in [3.8, 4) is 10.6 Å². The van der Waals surface area contributed by atoms with E-state index < -0.39 is 0 Å². The first-order valence-corrected chi connectivity index (χ1v) is 5.47. The summed E-state index contributed by atoms with van der Waals surface area (Å²) < 4.78 is 2.27. The van der Waals surface area contributed by atoms with Gasteiger partial charge in [0.25, 0.3) is 0 Å². The van der Waals surface area contributed by atoms with Gasteiger partial charge in [0.15, 0.2) is 0 Å². The van der Waals surface area contributed by atoms with Crippen LogP contribution in [0.3, 0.4) is 0 Å². The summed E-state index contributed by atoms with van der Waals surface area (Å²) in [6, 6.07) is 0. The summed E-state index contributed by atoms with van der Waals surface area (Å²) in [7, 11) is 0. The number of hydrogen-bond acceptors (Lipinski definition) is 4. The van der Waals surface area contributed by atoms with Crippen LogP contribution in [0.5, 0.6) is 0 Å². The van der Waals surface area contributed by atoms with Gasteiger partial charge in [0, 0.05) is 19.3 Å². The minimum atomic E-state index is 0.874. The van der Waals surface area contributed by atoms with E-state index in [0.29, 0.717) is 0 Å². The number of thiazole rings is 1. The summed E-state index contributed by atoms with van der Waals surface area (Å²) in [6.45, 7) is 2.90. The molecule has 72 valence electrons.